The van der Waals surface area contributed by atoms with E-state index in [2.05, 4.69) is 36.3 Å². The Kier molecular flexibility index (Phi) is 4.86. The molecule has 0 fully saturated rings. The number of aryl methyl sites for hydroxylation is 1. The van der Waals surface area contributed by atoms with Crippen molar-refractivity contribution in [1.29, 1.82) is 0 Å². The summed E-state index contributed by atoms with van der Waals surface area (Å²) in [5.41, 5.74) is 0.0935. The van der Waals surface area contributed by atoms with Crippen molar-refractivity contribution < 1.29 is 12.8 Å². The Bertz CT molecular complexity index is 474. The number of hydrogen-bond acceptors (Lipinski definition) is 6. The monoisotopic (exact) mass is 275 g/mol. The summed E-state index contributed by atoms with van der Waals surface area (Å²) < 4.78 is 27.3. The minimum Gasteiger partial charge on any atom is -0.424 e. The fourth-order valence-corrected chi connectivity index (χ4v) is 1.94. The highest BCUT2D eigenvalue weighted by Gasteiger charge is 2.12. The smallest absolute Gasteiger partial charge is 0.231 e. The SMILES string of the molecule is CC(C)(C)NCCCc1nnc(CS(C)(=O)=O)o1. The maximum absolute atomic E-state index is 11.0. The van der Waals surface area contributed by atoms with Gasteiger partial charge in [-0.2, -0.15) is 0 Å². The molecule has 1 heterocycles. The van der Waals surface area contributed by atoms with Crippen molar-refractivity contribution in [1.82, 2.24) is 15.5 Å². The summed E-state index contributed by atoms with van der Waals surface area (Å²) in [6.07, 6.45) is 2.67. The molecule has 1 N–H and O–H groups in total. The van der Waals surface area contributed by atoms with Crippen LogP contribution in [0.25, 0.3) is 0 Å². The molecule has 0 saturated heterocycles. The van der Waals surface area contributed by atoms with E-state index in [1.54, 1.807) is 0 Å². The van der Waals surface area contributed by atoms with Crippen LogP contribution in [0.3, 0.4) is 0 Å². The third kappa shape index (κ3) is 6.70. The molecule has 0 radical (unpaired) electrons. The zero-order valence-corrected chi connectivity index (χ0v) is 12.2. The first kappa shape index (κ1) is 15.1. The molecule has 6 nitrogen and oxygen atoms in total. The summed E-state index contributed by atoms with van der Waals surface area (Å²) in [4.78, 5) is 0. The van der Waals surface area contributed by atoms with Gasteiger partial charge >= 0.3 is 0 Å². The lowest BCUT2D eigenvalue weighted by atomic mass is 10.1. The van der Waals surface area contributed by atoms with Crippen molar-refractivity contribution >= 4 is 9.84 Å². The fraction of sp³-hybridized carbons (Fsp3) is 0.818. The van der Waals surface area contributed by atoms with Gasteiger partial charge in [0.25, 0.3) is 0 Å². The van der Waals surface area contributed by atoms with Crippen molar-refractivity contribution in [2.75, 3.05) is 12.8 Å². The highest BCUT2D eigenvalue weighted by molar-refractivity contribution is 7.89. The number of hydrogen-bond donors (Lipinski definition) is 1. The van der Waals surface area contributed by atoms with Crippen LogP contribution in [0.4, 0.5) is 0 Å². The Labute approximate surface area is 108 Å². The van der Waals surface area contributed by atoms with E-state index in [1.807, 2.05) is 0 Å². The van der Waals surface area contributed by atoms with Gasteiger partial charge in [0.15, 0.2) is 9.84 Å². The van der Waals surface area contributed by atoms with Crippen LogP contribution in [0.1, 0.15) is 39.0 Å². The minimum absolute atomic E-state index is 0.0935. The molecule has 18 heavy (non-hydrogen) atoms. The average molecular weight is 275 g/mol. The molecule has 0 saturated carbocycles. The molecular formula is C11H21N3O3S. The van der Waals surface area contributed by atoms with Gasteiger partial charge in [-0.05, 0) is 33.7 Å². The van der Waals surface area contributed by atoms with Gasteiger partial charge in [0.05, 0.1) is 0 Å². The molecule has 7 heteroatoms. The Morgan fingerprint density at radius 3 is 2.39 bits per heavy atom. The maximum atomic E-state index is 11.0. The van der Waals surface area contributed by atoms with Crippen LogP contribution < -0.4 is 5.32 Å². The van der Waals surface area contributed by atoms with E-state index in [0.717, 1.165) is 19.2 Å². The van der Waals surface area contributed by atoms with E-state index < -0.39 is 9.84 Å². The van der Waals surface area contributed by atoms with E-state index >= 15 is 0 Å². The lowest BCUT2D eigenvalue weighted by molar-refractivity contribution is 0.407. The molecule has 1 rings (SSSR count). The van der Waals surface area contributed by atoms with Crippen LogP contribution in [0.15, 0.2) is 4.42 Å². The second kappa shape index (κ2) is 5.79. The molecule has 0 aromatic carbocycles. The first-order chi connectivity index (χ1) is 8.16. The summed E-state index contributed by atoms with van der Waals surface area (Å²) in [5, 5.41) is 10.9. The zero-order chi connectivity index (χ0) is 13.8. The van der Waals surface area contributed by atoms with E-state index in [9.17, 15) is 8.42 Å². The van der Waals surface area contributed by atoms with Crippen molar-refractivity contribution in [3.63, 3.8) is 0 Å². The van der Waals surface area contributed by atoms with Crippen molar-refractivity contribution in [3.05, 3.63) is 11.8 Å². The van der Waals surface area contributed by atoms with Crippen LogP contribution in [-0.4, -0.2) is 37.0 Å². The first-order valence-corrected chi connectivity index (χ1v) is 7.96. The van der Waals surface area contributed by atoms with E-state index in [4.69, 9.17) is 4.42 Å². The molecule has 0 bridgehead atoms. The Morgan fingerprint density at radius 1 is 1.22 bits per heavy atom. The molecule has 0 aliphatic rings. The van der Waals surface area contributed by atoms with E-state index in [-0.39, 0.29) is 17.2 Å². The second-order valence-corrected chi connectivity index (χ2v) is 7.58. The summed E-state index contributed by atoms with van der Waals surface area (Å²) in [7, 11) is -3.12. The van der Waals surface area contributed by atoms with Gasteiger partial charge in [0.1, 0.15) is 5.75 Å². The molecule has 0 unspecified atom stereocenters. The van der Waals surface area contributed by atoms with Crippen molar-refractivity contribution in [2.45, 2.75) is 44.9 Å². The molecule has 0 amide bonds. The lowest BCUT2D eigenvalue weighted by Crippen LogP contribution is -2.36. The highest BCUT2D eigenvalue weighted by Crippen LogP contribution is 2.06. The molecule has 0 spiro atoms. The summed E-state index contributed by atoms with van der Waals surface area (Å²) in [5.74, 6) is 0.459. The number of nitrogens with zero attached hydrogens (tertiary/aromatic N) is 2. The molecular weight excluding hydrogens is 254 g/mol. The maximum Gasteiger partial charge on any atom is 0.231 e. The Balaban J connectivity index is 2.36. The van der Waals surface area contributed by atoms with Crippen molar-refractivity contribution in [2.24, 2.45) is 0 Å². The van der Waals surface area contributed by atoms with E-state index in [1.165, 1.54) is 0 Å². The van der Waals surface area contributed by atoms with Crippen LogP contribution in [0.5, 0.6) is 0 Å². The quantitative estimate of drug-likeness (QED) is 0.778. The van der Waals surface area contributed by atoms with Crippen molar-refractivity contribution in [3.8, 4) is 0 Å². The normalized spacial score (nSPS) is 12.9. The standard InChI is InChI=1S/C11H21N3O3S/c1-11(2,3)12-7-5-6-9-13-14-10(17-9)8-18(4,15)16/h12H,5-8H2,1-4H3. The lowest BCUT2D eigenvalue weighted by Gasteiger charge is -2.19. The first-order valence-electron chi connectivity index (χ1n) is 5.90. The van der Waals surface area contributed by atoms with Gasteiger partial charge in [-0.15, -0.1) is 10.2 Å². The predicted molar refractivity (Wildman–Crippen MR) is 68.9 cm³/mol. The summed E-state index contributed by atoms with van der Waals surface area (Å²) in [6.45, 7) is 7.16. The third-order valence-corrected chi connectivity index (χ3v) is 2.89. The van der Waals surface area contributed by atoms with Gasteiger partial charge in [0, 0.05) is 18.2 Å². The predicted octanol–water partition coefficient (Wildman–Crippen LogP) is 0.935. The second-order valence-electron chi connectivity index (χ2n) is 5.44. The minimum atomic E-state index is -3.12. The molecule has 0 aliphatic heterocycles. The molecule has 0 aliphatic carbocycles. The zero-order valence-electron chi connectivity index (χ0n) is 11.4. The summed E-state index contributed by atoms with van der Waals surface area (Å²) in [6, 6.07) is 0. The summed E-state index contributed by atoms with van der Waals surface area (Å²) >= 11 is 0. The van der Waals surface area contributed by atoms with Crippen LogP contribution in [0, 0.1) is 0 Å². The van der Waals surface area contributed by atoms with E-state index in [0.29, 0.717) is 12.3 Å². The Morgan fingerprint density at radius 2 is 1.83 bits per heavy atom. The van der Waals surface area contributed by atoms with Crippen LogP contribution in [-0.2, 0) is 22.0 Å². The molecule has 0 atom stereocenters. The number of nitrogens with one attached hydrogen (secondary N) is 1. The fourth-order valence-electron chi connectivity index (χ4n) is 1.38. The van der Waals surface area contributed by atoms with Gasteiger partial charge in [-0.1, -0.05) is 0 Å². The molecule has 104 valence electrons. The van der Waals surface area contributed by atoms with Gasteiger partial charge < -0.3 is 9.73 Å². The number of rotatable bonds is 6. The largest absolute Gasteiger partial charge is 0.424 e. The van der Waals surface area contributed by atoms with Gasteiger partial charge in [0.2, 0.25) is 11.8 Å². The Hall–Kier alpha value is -0.950. The molecule has 1 aromatic heterocycles. The topological polar surface area (TPSA) is 85.1 Å². The van der Waals surface area contributed by atoms with Gasteiger partial charge in [-0.3, -0.25) is 0 Å². The third-order valence-electron chi connectivity index (χ3n) is 2.12. The van der Waals surface area contributed by atoms with Crippen LogP contribution >= 0.6 is 0 Å². The number of aromatic nitrogens is 2. The number of sulfone groups is 1. The van der Waals surface area contributed by atoms with Crippen LogP contribution in [0.2, 0.25) is 0 Å². The highest BCUT2D eigenvalue weighted by atomic mass is 32.2. The average Bonchev–Trinajstić information content (AvgIpc) is 2.56. The molecule has 1 aromatic rings. The van der Waals surface area contributed by atoms with Gasteiger partial charge in [-0.25, -0.2) is 8.42 Å².